The summed E-state index contributed by atoms with van der Waals surface area (Å²) in [4.78, 5) is 15.1. The molecule has 0 unspecified atom stereocenters. The maximum absolute atomic E-state index is 14.5. The molecule has 0 aliphatic carbocycles. The van der Waals surface area contributed by atoms with E-state index in [2.05, 4.69) is 5.10 Å². The van der Waals surface area contributed by atoms with E-state index in [4.69, 9.17) is 9.47 Å². The summed E-state index contributed by atoms with van der Waals surface area (Å²) in [6.07, 6.45) is 0.447. The fraction of sp³-hybridized carbons (Fsp3) is 0.364. The number of carbonyl (C=O) groups is 1. The second-order valence-corrected chi connectivity index (χ2v) is 7.15. The minimum absolute atomic E-state index is 0.141. The van der Waals surface area contributed by atoms with E-state index in [1.165, 1.54) is 11.1 Å². The molecule has 1 atom stereocenters. The van der Waals surface area contributed by atoms with Crippen LogP contribution in [0.15, 0.2) is 53.6 Å². The molecule has 29 heavy (non-hydrogen) atoms. The van der Waals surface area contributed by atoms with Gasteiger partial charge in [0.05, 0.1) is 38.6 Å². The first kappa shape index (κ1) is 19.5. The molecule has 152 valence electrons. The van der Waals surface area contributed by atoms with Crippen LogP contribution in [0.5, 0.6) is 5.75 Å². The van der Waals surface area contributed by atoms with E-state index in [9.17, 15) is 9.18 Å². The Morgan fingerprint density at radius 3 is 2.76 bits per heavy atom. The Morgan fingerprint density at radius 1 is 1.21 bits per heavy atom. The van der Waals surface area contributed by atoms with Crippen molar-refractivity contribution in [3.8, 4) is 5.75 Å². The summed E-state index contributed by atoms with van der Waals surface area (Å²) in [7, 11) is 1.61. The van der Waals surface area contributed by atoms with Gasteiger partial charge in [0.2, 0.25) is 0 Å². The lowest BCUT2D eigenvalue weighted by Crippen LogP contribution is -2.43. The highest BCUT2D eigenvalue weighted by Gasteiger charge is 2.35. The van der Waals surface area contributed by atoms with Crippen LogP contribution in [-0.2, 0) is 9.53 Å². The van der Waals surface area contributed by atoms with E-state index in [1.54, 1.807) is 25.3 Å². The molecule has 1 saturated heterocycles. The summed E-state index contributed by atoms with van der Waals surface area (Å²) in [5.74, 6) is 0.243. The van der Waals surface area contributed by atoms with Crippen molar-refractivity contribution < 1.29 is 18.7 Å². The van der Waals surface area contributed by atoms with Gasteiger partial charge in [-0.2, -0.15) is 5.10 Å². The van der Waals surface area contributed by atoms with Crippen LogP contribution in [0.3, 0.4) is 0 Å². The lowest BCUT2D eigenvalue weighted by Gasteiger charge is -2.29. The van der Waals surface area contributed by atoms with Crippen LogP contribution in [0.2, 0.25) is 0 Å². The third kappa shape index (κ3) is 4.31. The largest absolute Gasteiger partial charge is 0.497 e. The highest BCUT2D eigenvalue weighted by atomic mass is 19.1. The standard InChI is InChI=1S/C22H24FN3O3/c1-28-17-6-4-5-16(13-17)20-14-21(18-7-2-3-8-19(18)23)26(24-20)22(27)15-25-9-11-29-12-10-25/h2-8,13,21H,9-12,14-15H2,1H3/t21-/m1/s1. The number of hydrogen-bond donors (Lipinski definition) is 0. The number of methoxy groups -OCH3 is 1. The molecule has 7 heteroatoms. The van der Waals surface area contributed by atoms with Gasteiger partial charge in [0.25, 0.3) is 5.91 Å². The van der Waals surface area contributed by atoms with E-state index in [-0.39, 0.29) is 18.3 Å². The summed E-state index contributed by atoms with van der Waals surface area (Å²) in [6.45, 7) is 2.88. The number of benzene rings is 2. The van der Waals surface area contributed by atoms with Crippen LogP contribution in [0.25, 0.3) is 0 Å². The first-order valence-corrected chi connectivity index (χ1v) is 9.74. The molecule has 0 radical (unpaired) electrons. The van der Waals surface area contributed by atoms with Gasteiger partial charge in [0, 0.05) is 30.6 Å². The van der Waals surface area contributed by atoms with E-state index in [0.29, 0.717) is 44.0 Å². The van der Waals surface area contributed by atoms with Gasteiger partial charge >= 0.3 is 0 Å². The molecule has 6 nitrogen and oxygen atoms in total. The number of hydrazone groups is 1. The Balaban J connectivity index is 1.63. The summed E-state index contributed by atoms with van der Waals surface area (Å²) < 4.78 is 25.2. The van der Waals surface area contributed by atoms with Gasteiger partial charge in [-0.05, 0) is 18.2 Å². The number of morpholine rings is 1. The number of amides is 1. The third-order valence-corrected chi connectivity index (χ3v) is 5.30. The highest BCUT2D eigenvalue weighted by molar-refractivity contribution is 6.03. The van der Waals surface area contributed by atoms with Crippen molar-refractivity contribution in [2.75, 3.05) is 40.0 Å². The molecule has 4 rings (SSSR count). The molecule has 2 aromatic carbocycles. The molecule has 2 aromatic rings. The van der Waals surface area contributed by atoms with Gasteiger partial charge in [-0.3, -0.25) is 9.69 Å². The molecule has 2 aliphatic heterocycles. The zero-order chi connectivity index (χ0) is 20.2. The number of rotatable bonds is 5. The normalized spacial score (nSPS) is 19.9. The SMILES string of the molecule is COc1cccc(C2=NN(C(=O)CN3CCOCC3)[C@@H](c3ccccc3F)C2)c1. The zero-order valence-corrected chi connectivity index (χ0v) is 16.4. The van der Waals surface area contributed by atoms with Crippen molar-refractivity contribution in [1.29, 1.82) is 0 Å². The first-order chi connectivity index (χ1) is 14.2. The van der Waals surface area contributed by atoms with Crippen molar-refractivity contribution in [3.63, 3.8) is 0 Å². The second-order valence-electron chi connectivity index (χ2n) is 7.15. The van der Waals surface area contributed by atoms with E-state index < -0.39 is 6.04 Å². The molecule has 0 aromatic heterocycles. The predicted molar refractivity (Wildman–Crippen MR) is 107 cm³/mol. The van der Waals surface area contributed by atoms with Crippen LogP contribution in [0.4, 0.5) is 4.39 Å². The Morgan fingerprint density at radius 2 is 2.00 bits per heavy atom. The second kappa shape index (κ2) is 8.71. The number of carbonyl (C=O) groups excluding carboxylic acids is 1. The Labute approximate surface area is 169 Å². The molecule has 1 fully saturated rings. The van der Waals surface area contributed by atoms with E-state index >= 15 is 0 Å². The number of nitrogens with zero attached hydrogens (tertiary/aromatic N) is 3. The first-order valence-electron chi connectivity index (χ1n) is 9.74. The summed E-state index contributed by atoms with van der Waals surface area (Å²) in [5.41, 5.74) is 2.09. The van der Waals surface area contributed by atoms with Crippen LogP contribution < -0.4 is 4.74 Å². The molecule has 0 spiro atoms. The lowest BCUT2D eigenvalue weighted by atomic mass is 9.98. The minimum Gasteiger partial charge on any atom is -0.497 e. The van der Waals surface area contributed by atoms with E-state index in [1.807, 2.05) is 29.2 Å². The average Bonchev–Trinajstić information content (AvgIpc) is 3.20. The highest BCUT2D eigenvalue weighted by Crippen LogP contribution is 2.34. The fourth-order valence-corrected chi connectivity index (χ4v) is 3.73. The number of hydrogen-bond acceptors (Lipinski definition) is 5. The van der Waals surface area contributed by atoms with Crippen molar-refractivity contribution >= 4 is 11.6 Å². The Kier molecular flexibility index (Phi) is 5.87. The minimum atomic E-state index is -0.467. The summed E-state index contributed by atoms with van der Waals surface area (Å²) in [5, 5.41) is 6.07. The van der Waals surface area contributed by atoms with E-state index in [0.717, 1.165) is 11.3 Å². The molecule has 0 saturated carbocycles. The van der Waals surface area contributed by atoms with Crippen LogP contribution in [-0.4, -0.2) is 61.5 Å². The topological polar surface area (TPSA) is 54.4 Å². The van der Waals surface area contributed by atoms with Crippen molar-refractivity contribution in [1.82, 2.24) is 9.91 Å². The molecule has 2 aliphatic rings. The van der Waals surface area contributed by atoms with Crippen LogP contribution in [0, 0.1) is 5.82 Å². The third-order valence-electron chi connectivity index (χ3n) is 5.30. The quantitative estimate of drug-likeness (QED) is 0.779. The average molecular weight is 397 g/mol. The van der Waals surface area contributed by atoms with Crippen molar-refractivity contribution in [3.05, 3.63) is 65.5 Å². The summed E-state index contributed by atoms with van der Waals surface area (Å²) >= 11 is 0. The van der Waals surface area contributed by atoms with Gasteiger partial charge < -0.3 is 9.47 Å². The van der Waals surface area contributed by atoms with Gasteiger partial charge in [0.15, 0.2) is 0 Å². The van der Waals surface area contributed by atoms with Crippen LogP contribution in [0.1, 0.15) is 23.6 Å². The molecular formula is C22H24FN3O3. The predicted octanol–water partition coefficient (Wildman–Crippen LogP) is 2.84. The number of halogens is 1. The van der Waals surface area contributed by atoms with Gasteiger partial charge in [0.1, 0.15) is 11.6 Å². The van der Waals surface area contributed by atoms with Crippen LogP contribution >= 0.6 is 0 Å². The van der Waals surface area contributed by atoms with Crippen molar-refractivity contribution in [2.24, 2.45) is 5.10 Å². The Hall–Kier alpha value is -2.77. The molecule has 1 amide bonds. The molecular weight excluding hydrogens is 373 g/mol. The fourth-order valence-electron chi connectivity index (χ4n) is 3.73. The van der Waals surface area contributed by atoms with Gasteiger partial charge in [-0.1, -0.05) is 30.3 Å². The van der Waals surface area contributed by atoms with Gasteiger partial charge in [-0.25, -0.2) is 9.40 Å². The summed E-state index contributed by atoms with van der Waals surface area (Å²) in [6, 6.07) is 13.7. The monoisotopic (exact) mass is 397 g/mol. The molecule has 0 N–H and O–H groups in total. The number of ether oxygens (including phenoxy) is 2. The maximum atomic E-state index is 14.5. The van der Waals surface area contributed by atoms with Crippen molar-refractivity contribution in [2.45, 2.75) is 12.5 Å². The molecule has 0 bridgehead atoms. The Bertz CT molecular complexity index is 912. The lowest BCUT2D eigenvalue weighted by molar-refractivity contribution is -0.135. The van der Waals surface area contributed by atoms with Gasteiger partial charge in [-0.15, -0.1) is 0 Å². The maximum Gasteiger partial charge on any atom is 0.257 e. The smallest absolute Gasteiger partial charge is 0.257 e. The molecule has 2 heterocycles. The zero-order valence-electron chi connectivity index (χ0n) is 16.4.